The molecule has 3 rings (SSSR count). The number of esters is 1. The van der Waals surface area contributed by atoms with Crippen molar-refractivity contribution in [2.24, 2.45) is 0 Å². The van der Waals surface area contributed by atoms with Gasteiger partial charge in [-0.15, -0.1) is 0 Å². The molecule has 1 aromatic heterocycles. The Morgan fingerprint density at radius 3 is 2.67 bits per heavy atom. The highest BCUT2D eigenvalue weighted by Crippen LogP contribution is 2.46. The summed E-state index contributed by atoms with van der Waals surface area (Å²) in [5.41, 5.74) is 5.42. The van der Waals surface area contributed by atoms with Crippen molar-refractivity contribution >= 4 is 17.5 Å². The number of carbonyl (C=O) groups is 2. The summed E-state index contributed by atoms with van der Waals surface area (Å²) in [5, 5.41) is 8.75. The second-order valence-electron chi connectivity index (χ2n) is 7.61. The normalized spacial score (nSPS) is 14.3. The average Bonchev–Trinajstić information content (AvgIpc) is 3.10. The number of aliphatic carboxylic acids is 1. The van der Waals surface area contributed by atoms with Crippen LogP contribution < -0.4 is 4.74 Å². The van der Waals surface area contributed by atoms with Crippen molar-refractivity contribution in [3.63, 3.8) is 0 Å². The highest BCUT2D eigenvalue weighted by atomic mass is 16.5. The van der Waals surface area contributed by atoms with Crippen molar-refractivity contribution in [3.8, 4) is 5.75 Å². The van der Waals surface area contributed by atoms with E-state index in [0.717, 1.165) is 53.9 Å². The maximum Gasteiger partial charge on any atom is 0.336 e. The van der Waals surface area contributed by atoms with E-state index in [1.807, 2.05) is 44.4 Å². The number of benzene rings is 1. The van der Waals surface area contributed by atoms with E-state index < -0.39 is 11.9 Å². The molecule has 1 N–H and O–H groups in total. The number of carbonyl (C=O) groups excluding carboxylic acids is 1. The van der Waals surface area contributed by atoms with Crippen LogP contribution in [0.1, 0.15) is 36.1 Å². The van der Waals surface area contributed by atoms with Crippen molar-refractivity contribution < 1.29 is 19.4 Å². The molecule has 1 heterocycles. The molecule has 0 fully saturated rings. The molecule has 0 bridgehead atoms. The van der Waals surface area contributed by atoms with Gasteiger partial charge in [0.25, 0.3) is 0 Å². The molecule has 30 heavy (non-hydrogen) atoms. The summed E-state index contributed by atoms with van der Waals surface area (Å²) >= 11 is 0. The molecule has 1 unspecified atom stereocenters. The van der Waals surface area contributed by atoms with Crippen LogP contribution >= 0.6 is 0 Å². The summed E-state index contributed by atoms with van der Waals surface area (Å²) in [6.45, 7) is 3.03. The van der Waals surface area contributed by atoms with Gasteiger partial charge >= 0.3 is 11.9 Å². The van der Waals surface area contributed by atoms with Gasteiger partial charge in [0.15, 0.2) is 0 Å². The number of ether oxygens (including phenoxy) is 1. The predicted molar refractivity (Wildman–Crippen MR) is 115 cm³/mol. The van der Waals surface area contributed by atoms with Gasteiger partial charge in [-0.3, -0.25) is 4.98 Å². The number of carboxylic acid groups (broad SMARTS) is 1. The van der Waals surface area contributed by atoms with Crippen molar-refractivity contribution in [1.82, 2.24) is 9.88 Å². The van der Waals surface area contributed by atoms with Crippen LogP contribution in [-0.4, -0.2) is 47.6 Å². The minimum atomic E-state index is -1.19. The lowest BCUT2D eigenvalue weighted by molar-refractivity contribution is -0.133. The van der Waals surface area contributed by atoms with E-state index in [4.69, 9.17) is 9.84 Å². The Balaban J connectivity index is 2.02. The Labute approximate surface area is 176 Å². The molecular weight excluding hydrogens is 380 g/mol. The first-order valence-electron chi connectivity index (χ1n) is 9.89. The summed E-state index contributed by atoms with van der Waals surface area (Å²) in [5.74, 6) is -1.43. The molecule has 2 aromatic rings. The van der Waals surface area contributed by atoms with Gasteiger partial charge in [0.05, 0.1) is 0 Å². The molecule has 6 heteroatoms. The molecule has 1 aromatic carbocycles. The molecule has 0 radical (unpaired) electrons. The van der Waals surface area contributed by atoms with Gasteiger partial charge in [0, 0.05) is 42.1 Å². The van der Waals surface area contributed by atoms with Crippen LogP contribution in [0.5, 0.6) is 5.75 Å². The smallest absolute Gasteiger partial charge is 0.336 e. The number of aromatic nitrogens is 1. The number of pyridine rings is 1. The van der Waals surface area contributed by atoms with Crippen molar-refractivity contribution in [3.05, 3.63) is 77.1 Å². The van der Waals surface area contributed by atoms with Crippen molar-refractivity contribution in [2.45, 2.75) is 25.7 Å². The number of hydrogen-bond donors (Lipinski definition) is 1. The molecule has 1 aliphatic carbocycles. The van der Waals surface area contributed by atoms with E-state index in [-0.39, 0.29) is 5.92 Å². The second-order valence-corrected chi connectivity index (χ2v) is 7.61. The van der Waals surface area contributed by atoms with Crippen LogP contribution in [0.3, 0.4) is 0 Å². The first kappa shape index (κ1) is 21.5. The maximum atomic E-state index is 12.2. The third kappa shape index (κ3) is 5.02. The molecule has 0 amide bonds. The standard InChI is InChI=1S/C24H26N2O4/c1-16(19-8-4-5-13-25-19)23-18(12-14-26(2)3)15-17-7-6-9-20(24(17)23)30-22(29)11-10-21(27)28/h4-11,13,16H,12,14-15H2,1-3H3,(H,27,28)/b11-10+. The van der Waals surface area contributed by atoms with Crippen LogP contribution in [0, 0.1) is 0 Å². The zero-order valence-electron chi connectivity index (χ0n) is 17.5. The van der Waals surface area contributed by atoms with E-state index in [0.29, 0.717) is 5.75 Å². The van der Waals surface area contributed by atoms with Crippen LogP contribution in [0.2, 0.25) is 0 Å². The number of rotatable bonds is 8. The Hall–Kier alpha value is -3.25. The van der Waals surface area contributed by atoms with E-state index in [9.17, 15) is 9.59 Å². The fourth-order valence-electron chi connectivity index (χ4n) is 3.78. The molecule has 156 valence electrons. The van der Waals surface area contributed by atoms with E-state index >= 15 is 0 Å². The van der Waals surface area contributed by atoms with Gasteiger partial charge in [-0.1, -0.05) is 30.7 Å². The first-order valence-corrected chi connectivity index (χ1v) is 9.89. The molecule has 1 atom stereocenters. The van der Waals surface area contributed by atoms with Gasteiger partial charge in [-0.2, -0.15) is 0 Å². The zero-order valence-corrected chi connectivity index (χ0v) is 17.5. The lowest BCUT2D eigenvalue weighted by atomic mass is 9.89. The number of fused-ring (bicyclic) bond motifs is 1. The highest BCUT2D eigenvalue weighted by Gasteiger charge is 2.30. The number of nitrogens with zero attached hydrogens (tertiary/aromatic N) is 2. The SMILES string of the molecule is CC(C1=C(CCN(C)C)Cc2cccc(OC(=O)/C=C/C(=O)O)c21)c1ccccn1. The number of carboxylic acids is 1. The Morgan fingerprint density at radius 2 is 2.00 bits per heavy atom. The van der Waals surface area contributed by atoms with E-state index in [2.05, 4.69) is 16.8 Å². The van der Waals surface area contributed by atoms with Gasteiger partial charge < -0.3 is 14.7 Å². The second kappa shape index (κ2) is 9.50. The lowest BCUT2D eigenvalue weighted by Gasteiger charge is -2.19. The minimum absolute atomic E-state index is 0.0269. The Morgan fingerprint density at radius 1 is 1.20 bits per heavy atom. The van der Waals surface area contributed by atoms with Gasteiger partial charge in [-0.25, -0.2) is 9.59 Å². The van der Waals surface area contributed by atoms with Gasteiger partial charge in [-0.05, 0) is 56.3 Å². The molecule has 0 aliphatic heterocycles. The Bertz CT molecular complexity index is 994. The topological polar surface area (TPSA) is 79.7 Å². The van der Waals surface area contributed by atoms with Crippen LogP contribution in [0.25, 0.3) is 5.57 Å². The monoisotopic (exact) mass is 406 g/mol. The van der Waals surface area contributed by atoms with Crippen molar-refractivity contribution in [1.29, 1.82) is 0 Å². The van der Waals surface area contributed by atoms with Crippen molar-refractivity contribution in [2.75, 3.05) is 20.6 Å². The number of allylic oxidation sites excluding steroid dienone is 1. The fourth-order valence-corrected chi connectivity index (χ4v) is 3.78. The zero-order chi connectivity index (χ0) is 21.7. The lowest BCUT2D eigenvalue weighted by Crippen LogP contribution is -2.14. The largest absolute Gasteiger partial charge is 0.478 e. The summed E-state index contributed by atoms with van der Waals surface area (Å²) in [6.07, 6.45) is 5.19. The van der Waals surface area contributed by atoms with Gasteiger partial charge in [0.2, 0.25) is 0 Å². The summed E-state index contributed by atoms with van der Waals surface area (Å²) < 4.78 is 5.54. The molecular formula is C24H26N2O4. The third-order valence-electron chi connectivity index (χ3n) is 5.16. The summed E-state index contributed by atoms with van der Waals surface area (Å²) in [6, 6.07) is 11.5. The maximum absolute atomic E-state index is 12.2. The summed E-state index contributed by atoms with van der Waals surface area (Å²) in [4.78, 5) is 29.5. The predicted octanol–water partition coefficient (Wildman–Crippen LogP) is 3.69. The minimum Gasteiger partial charge on any atom is -0.478 e. The molecule has 1 aliphatic rings. The first-order chi connectivity index (χ1) is 14.4. The van der Waals surface area contributed by atoms with Crippen LogP contribution in [-0.2, 0) is 16.0 Å². The molecule has 6 nitrogen and oxygen atoms in total. The quantitative estimate of drug-likeness (QED) is 0.409. The third-order valence-corrected chi connectivity index (χ3v) is 5.16. The molecule has 0 saturated heterocycles. The Kier molecular flexibility index (Phi) is 6.79. The van der Waals surface area contributed by atoms with E-state index in [1.54, 1.807) is 12.3 Å². The molecule has 0 saturated carbocycles. The fraction of sp³-hybridized carbons (Fsp3) is 0.292. The number of hydrogen-bond acceptors (Lipinski definition) is 5. The van der Waals surface area contributed by atoms with E-state index in [1.165, 1.54) is 5.57 Å². The van der Waals surface area contributed by atoms with Crippen LogP contribution in [0.4, 0.5) is 0 Å². The summed E-state index contributed by atoms with van der Waals surface area (Å²) in [7, 11) is 4.10. The van der Waals surface area contributed by atoms with Gasteiger partial charge in [0.1, 0.15) is 5.75 Å². The highest BCUT2D eigenvalue weighted by molar-refractivity contribution is 5.93. The van der Waals surface area contributed by atoms with Crippen LogP contribution in [0.15, 0.2) is 60.3 Å². The average molecular weight is 406 g/mol. The molecule has 0 spiro atoms.